The van der Waals surface area contributed by atoms with Gasteiger partial charge in [-0.25, -0.2) is 0 Å². The van der Waals surface area contributed by atoms with Gasteiger partial charge in [-0.1, -0.05) is 26.2 Å². The zero-order valence-electron chi connectivity index (χ0n) is 10.5. The fraction of sp³-hybridized carbons (Fsp3) is 1.00. The summed E-state index contributed by atoms with van der Waals surface area (Å²) >= 11 is 0. The van der Waals surface area contributed by atoms with Crippen LogP contribution in [0.4, 0.5) is 0 Å². The van der Waals surface area contributed by atoms with Gasteiger partial charge in [0.15, 0.2) is 0 Å². The van der Waals surface area contributed by atoms with Gasteiger partial charge in [0.2, 0.25) is 0 Å². The summed E-state index contributed by atoms with van der Waals surface area (Å²) in [7, 11) is 0. The number of piperidine rings is 1. The Morgan fingerprint density at radius 2 is 1.69 bits per heavy atom. The molecule has 0 aromatic heterocycles. The van der Waals surface area contributed by atoms with E-state index in [-0.39, 0.29) is 12.4 Å². The third-order valence-corrected chi connectivity index (χ3v) is 4.41. The van der Waals surface area contributed by atoms with Gasteiger partial charge in [-0.3, -0.25) is 0 Å². The van der Waals surface area contributed by atoms with E-state index in [1.807, 2.05) is 0 Å². The molecule has 0 bridgehead atoms. The quantitative estimate of drug-likeness (QED) is 0.812. The summed E-state index contributed by atoms with van der Waals surface area (Å²) in [6.07, 6.45) is 8.26. The number of hydrogen-bond acceptors (Lipinski definition) is 2. The zero-order chi connectivity index (χ0) is 10.7. The maximum absolute atomic E-state index is 5.93. The van der Waals surface area contributed by atoms with Crippen molar-refractivity contribution < 1.29 is 0 Å². The van der Waals surface area contributed by atoms with E-state index >= 15 is 0 Å². The van der Waals surface area contributed by atoms with Gasteiger partial charge >= 0.3 is 0 Å². The van der Waals surface area contributed by atoms with Crippen molar-refractivity contribution in [3.05, 3.63) is 0 Å². The minimum absolute atomic E-state index is 0. The van der Waals surface area contributed by atoms with Crippen LogP contribution in [0.3, 0.4) is 0 Å². The van der Waals surface area contributed by atoms with Crippen LogP contribution in [0.25, 0.3) is 0 Å². The molecule has 2 fully saturated rings. The van der Waals surface area contributed by atoms with Crippen molar-refractivity contribution in [1.82, 2.24) is 4.90 Å². The van der Waals surface area contributed by atoms with Gasteiger partial charge < -0.3 is 10.6 Å². The number of halogens is 1. The first kappa shape index (κ1) is 14.3. The second-order valence-corrected chi connectivity index (χ2v) is 5.66. The first-order valence-corrected chi connectivity index (χ1v) is 6.73. The molecule has 0 aromatic rings. The molecule has 3 heteroatoms. The van der Waals surface area contributed by atoms with E-state index in [9.17, 15) is 0 Å². The van der Waals surface area contributed by atoms with Crippen molar-refractivity contribution in [2.24, 2.45) is 17.6 Å². The highest BCUT2D eigenvalue weighted by molar-refractivity contribution is 5.85. The van der Waals surface area contributed by atoms with Crippen LogP contribution in [0.15, 0.2) is 0 Å². The maximum Gasteiger partial charge on any atom is 0.00631 e. The second kappa shape index (κ2) is 6.83. The first-order valence-electron chi connectivity index (χ1n) is 6.73. The lowest BCUT2D eigenvalue weighted by Crippen LogP contribution is -2.43. The van der Waals surface area contributed by atoms with Crippen LogP contribution in [-0.2, 0) is 0 Å². The molecule has 1 saturated heterocycles. The minimum Gasteiger partial charge on any atom is -0.328 e. The molecule has 0 amide bonds. The average Bonchev–Trinajstić information content (AvgIpc) is 2.25. The van der Waals surface area contributed by atoms with Crippen molar-refractivity contribution in [3.63, 3.8) is 0 Å². The molecule has 16 heavy (non-hydrogen) atoms. The highest BCUT2D eigenvalue weighted by Crippen LogP contribution is 2.30. The number of nitrogens with zero attached hydrogens (tertiary/aromatic N) is 1. The van der Waals surface area contributed by atoms with Gasteiger partial charge in [-0.2, -0.15) is 0 Å². The van der Waals surface area contributed by atoms with Crippen molar-refractivity contribution in [3.8, 4) is 0 Å². The summed E-state index contributed by atoms with van der Waals surface area (Å²) in [6, 6.07) is 0.477. The highest BCUT2D eigenvalue weighted by atomic mass is 35.5. The Hall–Kier alpha value is 0.210. The lowest BCUT2D eigenvalue weighted by molar-refractivity contribution is 0.135. The Bertz CT molecular complexity index is 190. The molecule has 2 aliphatic rings. The van der Waals surface area contributed by atoms with Crippen LogP contribution in [0, 0.1) is 11.8 Å². The average molecular weight is 247 g/mol. The fourth-order valence-corrected chi connectivity index (χ4v) is 3.13. The topological polar surface area (TPSA) is 29.3 Å². The van der Waals surface area contributed by atoms with E-state index in [0.29, 0.717) is 6.04 Å². The summed E-state index contributed by atoms with van der Waals surface area (Å²) in [4.78, 5) is 2.65. The van der Waals surface area contributed by atoms with Crippen LogP contribution in [0.1, 0.15) is 45.4 Å². The first-order chi connectivity index (χ1) is 7.25. The molecule has 2 nitrogen and oxygen atoms in total. The van der Waals surface area contributed by atoms with E-state index in [0.717, 1.165) is 11.8 Å². The van der Waals surface area contributed by atoms with E-state index < -0.39 is 0 Å². The van der Waals surface area contributed by atoms with E-state index in [2.05, 4.69) is 11.8 Å². The Kier molecular flexibility index (Phi) is 6.09. The van der Waals surface area contributed by atoms with Gasteiger partial charge in [0.25, 0.3) is 0 Å². The Morgan fingerprint density at radius 3 is 2.31 bits per heavy atom. The Morgan fingerprint density at radius 1 is 1.06 bits per heavy atom. The summed E-state index contributed by atoms with van der Waals surface area (Å²) in [6.45, 7) is 6.27. The third kappa shape index (κ3) is 3.90. The minimum atomic E-state index is 0. The molecule has 96 valence electrons. The van der Waals surface area contributed by atoms with Gasteiger partial charge in [0.05, 0.1) is 0 Å². The summed E-state index contributed by atoms with van der Waals surface area (Å²) in [5.74, 6) is 1.92. The molecule has 1 aliphatic heterocycles. The second-order valence-electron chi connectivity index (χ2n) is 5.66. The predicted octanol–water partition coefficient (Wildman–Crippen LogP) is 2.66. The normalized spacial score (nSPS) is 33.4. The molecule has 2 N–H and O–H groups in total. The fourth-order valence-electron chi connectivity index (χ4n) is 3.13. The van der Waals surface area contributed by atoms with Crippen LogP contribution >= 0.6 is 12.4 Å². The molecular formula is C13H27ClN2. The smallest absolute Gasteiger partial charge is 0.00631 e. The van der Waals surface area contributed by atoms with E-state index in [4.69, 9.17) is 5.73 Å². The van der Waals surface area contributed by atoms with Crippen LogP contribution in [0.5, 0.6) is 0 Å². The molecule has 2 unspecified atom stereocenters. The maximum atomic E-state index is 5.93. The van der Waals surface area contributed by atoms with Crippen molar-refractivity contribution >= 4 is 12.4 Å². The SMILES string of the molecule is CC1CCCCC1CN1CCC(N)CC1.Cl. The van der Waals surface area contributed by atoms with Crippen LogP contribution < -0.4 is 5.73 Å². The van der Waals surface area contributed by atoms with Crippen LogP contribution in [-0.4, -0.2) is 30.6 Å². The molecular weight excluding hydrogens is 220 g/mol. The number of hydrogen-bond donors (Lipinski definition) is 1. The lowest BCUT2D eigenvalue weighted by Gasteiger charge is -2.36. The van der Waals surface area contributed by atoms with Gasteiger partial charge in [0.1, 0.15) is 0 Å². The monoisotopic (exact) mass is 246 g/mol. The molecule has 2 atom stereocenters. The number of nitrogens with two attached hydrogens (primary N) is 1. The van der Waals surface area contributed by atoms with E-state index in [1.54, 1.807) is 0 Å². The lowest BCUT2D eigenvalue weighted by atomic mass is 9.80. The number of rotatable bonds is 2. The molecule has 1 heterocycles. The van der Waals surface area contributed by atoms with Crippen LogP contribution in [0.2, 0.25) is 0 Å². The molecule has 0 spiro atoms. The largest absolute Gasteiger partial charge is 0.328 e. The molecule has 0 radical (unpaired) electrons. The molecule has 0 aromatic carbocycles. The summed E-state index contributed by atoms with van der Waals surface area (Å²) < 4.78 is 0. The van der Waals surface area contributed by atoms with Crippen molar-refractivity contribution in [1.29, 1.82) is 0 Å². The predicted molar refractivity (Wildman–Crippen MR) is 72.0 cm³/mol. The third-order valence-electron chi connectivity index (χ3n) is 4.41. The summed E-state index contributed by atoms with van der Waals surface area (Å²) in [5, 5.41) is 0. The standard InChI is InChI=1S/C13H26N2.ClH/c1-11-4-2-3-5-12(11)10-15-8-6-13(14)7-9-15;/h11-13H,2-10,14H2,1H3;1H. The molecule has 2 rings (SSSR count). The zero-order valence-corrected chi connectivity index (χ0v) is 11.3. The Labute approximate surface area is 106 Å². The van der Waals surface area contributed by atoms with Gasteiger partial charge in [-0.05, 0) is 44.2 Å². The van der Waals surface area contributed by atoms with Gasteiger partial charge in [0, 0.05) is 12.6 Å². The highest BCUT2D eigenvalue weighted by Gasteiger charge is 2.25. The van der Waals surface area contributed by atoms with Gasteiger partial charge in [-0.15, -0.1) is 12.4 Å². The van der Waals surface area contributed by atoms with E-state index in [1.165, 1.54) is 58.2 Å². The van der Waals surface area contributed by atoms with Crippen molar-refractivity contribution in [2.75, 3.05) is 19.6 Å². The molecule has 1 aliphatic carbocycles. The summed E-state index contributed by atoms with van der Waals surface area (Å²) in [5.41, 5.74) is 5.93. The van der Waals surface area contributed by atoms with Crippen molar-refractivity contribution in [2.45, 2.75) is 51.5 Å². The molecule has 1 saturated carbocycles. The Balaban J connectivity index is 0.00000128. The number of likely N-dealkylation sites (tertiary alicyclic amines) is 1.